The molecule has 0 spiro atoms. The van der Waals surface area contributed by atoms with Gasteiger partial charge in [-0.15, -0.1) is 10.2 Å². The number of nitrogens with two attached hydrogens (primary N) is 1. The first-order valence-electron chi connectivity index (χ1n) is 9.58. The fourth-order valence-electron chi connectivity index (χ4n) is 3.41. The van der Waals surface area contributed by atoms with Gasteiger partial charge in [-0.25, -0.2) is 8.42 Å². The zero-order valence-corrected chi connectivity index (χ0v) is 17.0. The average molecular weight is 423 g/mol. The van der Waals surface area contributed by atoms with Gasteiger partial charge in [0.2, 0.25) is 15.0 Å². The number of nitrogens with zero attached hydrogens (tertiary/aromatic N) is 4. The lowest BCUT2D eigenvalue weighted by molar-refractivity contribution is -0.384. The van der Waals surface area contributed by atoms with Gasteiger partial charge < -0.3 is 10.5 Å². The Morgan fingerprint density at radius 2 is 2.07 bits per heavy atom. The van der Waals surface area contributed by atoms with Crippen molar-refractivity contribution < 1.29 is 18.1 Å². The van der Waals surface area contributed by atoms with Crippen molar-refractivity contribution in [3.05, 3.63) is 45.8 Å². The smallest absolute Gasteiger partial charge is 0.269 e. The third-order valence-corrected chi connectivity index (χ3v) is 6.44. The van der Waals surface area contributed by atoms with E-state index in [2.05, 4.69) is 10.2 Å². The van der Waals surface area contributed by atoms with E-state index < -0.39 is 20.8 Å². The zero-order valence-electron chi connectivity index (χ0n) is 16.2. The lowest BCUT2D eigenvalue weighted by Gasteiger charge is -2.17. The van der Waals surface area contributed by atoms with Crippen LogP contribution in [0.3, 0.4) is 0 Å². The minimum absolute atomic E-state index is 0.0967. The SMILES string of the molecule is CCCC(N)c1nnc(S(=O)(=O)Cc2ccc([N+](=O)[O-])cc2)n1CC1CCCO1. The molecular formula is C18H25N5O5S. The molecule has 0 radical (unpaired) electrons. The van der Waals surface area contributed by atoms with E-state index in [4.69, 9.17) is 10.5 Å². The minimum Gasteiger partial charge on any atom is -0.376 e. The molecule has 1 aliphatic rings. The van der Waals surface area contributed by atoms with Crippen molar-refractivity contribution in [2.45, 2.75) is 62.2 Å². The molecule has 1 aliphatic heterocycles. The molecule has 10 nitrogen and oxygen atoms in total. The molecule has 1 aromatic heterocycles. The van der Waals surface area contributed by atoms with E-state index in [1.165, 1.54) is 24.3 Å². The first-order chi connectivity index (χ1) is 13.8. The Morgan fingerprint density at radius 1 is 1.34 bits per heavy atom. The summed E-state index contributed by atoms with van der Waals surface area (Å²) in [5.41, 5.74) is 6.55. The highest BCUT2D eigenvalue weighted by atomic mass is 32.2. The van der Waals surface area contributed by atoms with Gasteiger partial charge in [0.15, 0.2) is 5.82 Å². The Balaban J connectivity index is 1.91. The molecular weight excluding hydrogens is 398 g/mol. The molecule has 11 heteroatoms. The monoisotopic (exact) mass is 423 g/mol. The highest BCUT2D eigenvalue weighted by molar-refractivity contribution is 7.90. The summed E-state index contributed by atoms with van der Waals surface area (Å²) >= 11 is 0. The number of rotatable bonds is 9. The van der Waals surface area contributed by atoms with E-state index in [-0.39, 0.29) is 22.7 Å². The van der Waals surface area contributed by atoms with E-state index in [1.54, 1.807) is 4.57 Å². The van der Waals surface area contributed by atoms with Crippen LogP contribution >= 0.6 is 0 Å². The first kappa shape index (κ1) is 21.3. The van der Waals surface area contributed by atoms with E-state index in [0.29, 0.717) is 31.0 Å². The number of benzene rings is 1. The van der Waals surface area contributed by atoms with Crippen LogP contribution in [0.4, 0.5) is 5.69 Å². The summed E-state index contributed by atoms with van der Waals surface area (Å²) < 4.78 is 33.4. The Kier molecular flexibility index (Phi) is 6.60. The molecule has 0 amide bonds. The van der Waals surface area contributed by atoms with Crippen LogP contribution in [-0.4, -0.2) is 40.8 Å². The van der Waals surface area contributed by atoms with Crippen LogP contribution in [0.2, 0.25) is 0 Å². The van der Waals surface area contributed by atoms with Gasteiger partial charge in [-0.2, -0.15) is 0 Å². The van der Waals surface area contributed by atoms with Crippen molar-refractivity contribution in [3.8, 4) is 0 Å². The summed E-state index contributed by atoms with van der Waals surface area (Å²) in [4.78, 5) is 10.3. The standard InChI is InChI=1S/C18H25N5O5S/c1-2-4-16(19)17-20-21-18(22(17)11-15-5-3-10-28-15)29(26,27)12-13-6-8-14(9-7-13)23(24)25/h6-9,15-16H,2-5,10-12,19H2,1H3. The lowest BCUT2D eigenvalue weighted by atomic mass is 10.1. The summed E-state index contributed by atoms with van der Waals surface area (Å²) in [6, 6.07) is 5.01. The molecule has 158 valence electrons. The molecule has 0 aliphatic carbocycles. The number of non-ortho nitro benzene ring substituents is 1. The number of ether oxygens (including phenoxy) is 1. The van der Waals surface area contributed by atoms with Gasteiger partial charge in [-0.3, -0.25) is 14.7 Å². The maximum absolute atomic E-state index is 13.1. The maximum atomic E-state index is 13.1. The highest BCUT2D eigenvalue weighted by Crippen LogP contribution is 2.24. The molecule has 29 heavy (non-hydrogen) atoms. The highest BCUT2D eigenvalue weighted by Gasteiger charge is 2.29. The van der Waals surface area contributed by atoms with E-state index >= 15 is 0 Å². The second-order valence-corrected chi connectivity index (χ2v) is 9.05. The lowest BCUT2D eigenvalue weighted by Crippen LogP contribution is -2.24. The van der Waals surface area contributed by atoms with Crippen LogP contribution in [-0.2, 0) is 26.9 Å². The molecule has 2 aromatic rings. The van der Waals surface area contributed by atoms with Gasteiger partial charge in [-0.05, 0) is 24.8 Å². The van der Waals surface area contributed by atoms with Crippen LogP contribution in [0, 0.1) is 10.1 Å². The van der Waals surface area contributed by atoms with Gasteiger partial charge in [-0.1, -0.05) is 25.5 Å². The van der Waals surface area contributed by atoms with E-state index in [9.17, 15) is 18.5 Å². The third kappa shape index (κ3) is 4.98. The number of sulfone groups is 1. The van der Waals surface area contributed by atoms with Gasteiger partial charge in [0, 0.05) is 18.7 Å². The quantitative estimate of drug-likeness (QED) is 0.477. The minimum atomic E-state index is -3.84. The van der Waals surface area contributed by atoms with Crippen LogP contribution in [0.25, 0.3) is 0 Å². The van der Waals surface area contributed by atoms with E-state index in [0.717, 1.165) is 19.3 Å². The predicted molar refractivity (Wildman–Crippen MR) is 105 cm³/mol. The Morgan fingerprint density at radius 3 is 2.66 bits per heavy atom. The first-order valence-corrected chi connectivity index (χ1v) is 11.2. The van der Waals surface area contributed by atoms with Gasteiger partial charge in [0.25, 0.3) is 5.69 Å². The second-order valence-electron chi connectivity index (χ2n) is 7.16. The van der Waals surface area contributed by atoms with Crippen LogP contribution in [0.5, 0.6) is 0 Å². The summed E-state index contributed by atoms with van der Waals surface area (Å²) in [5.74, 6) is 0.0992. The summed E-state index contributed by atoms with van der Waals surface area (Å²) in [6.07, 6.45) is 3.15. The molecule has 2 unspecified atom stereocenters. The maximum Gasteiger partial charge on any atom is 0.269 e. The number of nitro benzene ring substituents is 1. The third-order valence-electron chi connectivity index (χ3n) is 4.87. The number of hydrogen-bond acceptors (Lipinski definition) is 8. The molecule has 1 saturated heterocycles. The van der Waals surface area contributed by atoms with Gasteiger partial charge in [0.1, 0.15) is 0 Å². The molecule has 1 fully saturated rings. The average Bonchev–Trinajstić information content (AvgIpc) is 3.32. The van der Waals surface area contributed by atoms with Gasteiger partial charge >= 0.3 is 0 Å². The molecule has 0 saturated carbocycles. The van der Waals surface area contributed by atoms with Crippen LogP contribution < -0.4 is 5.73 Å². The fraction of sp³-hybridized carbons (Fsp3) is 0.556. The zero-order chi connectivity index (χ0) is 21.0. The van der Waals surface area contributed by atoms with Crippen molar-refractivity contribution >= 4 is 15.5 Å². The van der Waals surface area contributed by atoms with Crippen LogP contribution in [0.15, 0.2) is 29.4 Å². The number of nitro groups is 1. The summed E-state index contributed by atoms with van der Waals surface area (Å²) in [5, 5.41) is 18.7. The molecule has 3 rings (SSSR count). The van der Waals surface area contributed by atoms with Crippen LogP contribution in [0.1, 0.15) is 50.0 Å². The number of hydrogen-bond donors (Lipinski definition) is 1. The molecule has 0 bridgehead atoms. The van der Waals surface area contributed by atoms with Crippen molar-refractivity contribution in [2.24, 2.45) is 5.73 Å². The van der Waals surface area contributed by atoms with Gasteiger partial charge in [0.05, 0.1) is 29.4 Å². The van der Waals surface area contributed by atoms with Crippen molar-refractivity contribution in [1.29, 1.82) is 0 Å². The number of aromatic nitrogens is 3. The Labute approximate surface area is 169 Å². The molecule has 2 atom stereocenters. The Hall–Kier alpha value is -2.37. The Bertz CT molecular complexity index is 952. The molecule has 1 aromatic carbocycles. The van der Waals surface area contributed by atoms with Crippen molar-refractivity contribution in [1.82, 2.24) is 14.8 Å². The molecule has 2 heterocycles. The van der Waals surface area contributed by atoms with Crippen molar-refractivity contribution in [2.75, 3.05) is 6.61 Å². The largest absolute Gasteiger partial charge is 0.376 e. The topological polar surface area (TPSA) is 143 Å². The van der Waals surface area contributed by atoms with Crippen molar-refractivity contribution in [3.63, 3.8) is 0 Å². The van der Waals surface area contributed by atoms with E-state index in [1.807, 2.05) is 6.92 Å². The fourth-order valence-corrected chi connectivity index (χ4v) is 4.84. The summed E-state index contributed by atoms with van der Waals surface area (Å²) in [7, 11) is -3.84. The predicted octanol–water partition coefficient (Wildman–Crippen LogP) is 2.14. The summed E-state index contributed by atoms with van der Waals surface area (Å²) in [6.45, 7) is 2.97. The normalized spacial score (nSPS) is 18.1. The second kappa shape index (κ2) is 8.97. The molecule has 2 N–H and O–H groups in total.